The van der Waals surface area contributed by atoms with Crippen LogP contribution in [-0.4, -0.2) is 46.9 Å². The fourth-order valence-corrected chi connectivity index (χ4v) is 4.37. The average Bonchev–Trinajstić information content (AvgIpc) is 3.27. The monoisotopic (exact) mass is 441 g/mol. The molecule has 1 saturated heterocycles. The summed E-state index contributed by atoms with van der Waals surface area (Å²) in [5.74, 6) is 2.27. The number of amidine groups is 1. The van der Waals surface area contributed by atoms with E-state index in [9.17, 15) is 4.79 Å². The molecule has 5 rings (SSSR count). The van der Waals surface area contributed by atoms with E-state index in [-0.39, 0.29) is 12.5 Å². The van der Waals surface area contributed by atoms with E-state index in [1.54, 1.807) is 6.20 Å². The molecule has 7 nitrogen and oxygen atoms in total. The van der Waals surface area contributed by atoms with Gasteiger partial charge in [0.05, 0.1) is 18.8 Å². The molecule has 1 spiro atoms. The van der Waals surface area contributed by atoms with Crippen LogP contribution in [0.3, 0.4) is 0 Å². The molecule has 7 heteroatoms. The van der Waals surface area contributed by atoms with Crippen LogP contribution in [-0.2, 0) is 11.3 Å². The van der Waals surface area contributed by atoms with Crippen molar-refractivity contribution in [2.24, 2.45) is 4.99 Å². The maximum Gasteiger partial charge on any atom is 0.260 e. The number of aryl methyl sites for hydroxylation is 1. The van der Waals surface area contributed by atoms with Gasteiger partial charge in [-0.15, -0.1) is 0 Å². The second-order valence-corrected chi connectivity index (χ2v) is 8.50. The molecule has 1 fully saturated rings. The summed E-state index contributed by atoms with van der Waals surface area (Å²) in [7, 11) is 0. The quantitative estimate of drug-likeness (QED) is 0.628. The van der Waals surface area contributed by atoms with Crippen LogP contribution < -0.4 is 15.4 Å². The summed E-state index contributed by atoms with van der Waals surface area (Å²) < 4.78 is 5.81. The first-order valence-corrected chi connectivity index (χ1v) is 11.2. The van der Waals surface area contributed by atoms with E-state index in [4.69, 9.17) is 9.73 Å². The summed E-state index contributed by atoms with van der Waals surface area (Å²) in [6.07, 6.45) is 2.51. The van der Waals surface area contributed by atoms with Gasteiger partial charge in [-0.3, -0.25) is 9.79 Å². The Morgan fingerprint density at radius 3 is 2.79 bits per heavy atom. The van der Waals surface area contributed by atoms with Gasteiger partial charge in [0.25, 0.3) is 5.91 Å². The molecule has 3 heterocycles. The molecule has 3 aromatic rings. The Balaban J connectivity index is 1.34. The Bertz CT molecular complexity index is 1180. The van der Waals surface area contributed by atoms with Gasteiger partial charge in [-0.05, 0) is 42.7 Å². The number of nitrogens with one attached hydrogen (secondary N) is 2. The molecule has 0 aliphatic carbocycles. The first-order chi connectivity index (χ1) is 16.1. The number of carbonyl (C=O) groups excluding carboxylic acids is 1. The molecule has 1 aromatic heterocycles. The smallest absolute Gasteiger partial charge is 0.260 e. The van der Waals surface area contributed by atoms with Crippen molar-refractivity contribution in [1.29, 1.82) is 0 Å². The van der Waals surface area contributed by atoms with Crippen LogP contribution in [0.2, 0.25) is 0 Å². The van der Waals surface area contributed by atoms with Crippen LogP contribution in [0.5, 0.6) is 5.75 Å². The number of ether oxygens (including phenoxy) is 1. The molecule has 168 valence electrons. The van der Waals surface area contributed by atoms with E-state index < -0.39 is 5.54 Å². The van der Waals surface area contributed by atoms with Crippen LogP contribution in [0.4, 0.5) is 11.5 Å². The third kappa shape index (κ3) is 4.39. The summed E-state index contributed by atoms with van der Waals surface area (Å²) in [5.41, 5.74) is 2.58. The van der Waals surface area contributed by atoms with Gasteiger partial charge in [-0.2, -0.15) is 0 Å². The standard InChI is InChI=1S/C26H27N5O2/c1-19-8-5-6-12-22(19)33-17-23(32)31-15-13-26(18-31)25(28-16-20-9-3-2-4-10-20)29-24-21(30-26)11-7-14-27-24/h2-12,14,30H,13,15-18H2,1H3,(H,27,28,29)/t26-/m1/s1. The molecular formula is C26H27N5O2. The number of hydrogen-bond acceptors (Lipinski definition) is 5. The second-order valence-electron chi connectivity index (χ2n) is 8.50. The average molecular weight is 442 g/mol. The van der Waals surface area contributed by atoms with Crippen LogP contribution >= 0.6 is 0 Å². The molecule has 2 aliphatic rings. The number of likely N-dealkylation sites (tertiary alicyclic amines) is 1. The van der Waals surface area contributed by atoms with Gasteiger partial charge in [0.1, 0.15) is 17.1 Å². The number of anilines is 2. The Hall–Kier alpha value is -3.87. The van der Waals surface area contributed by atoms with Gasteiger partial charge >= 0.3 is 0 Å². The second kappa shape index (κ2) is 8.94. The molecule has 0 unspecified atom stereocenters. The number of aliphatic imine (C=N–C) groups is 1. The molecular weight excluding hydrogens is 414 g/mol. The topological polar surface area (TPSA) is 78.8 Å². The highest BCUT2D eigenvalue weighted by Gasteiger charge is 2.47. The fraction of sp³-hybridized carbons (Fsp3) is 0.269. The van der Waals surface area contributed by atoms with Gasteiger partial charge in [-0.25, -0.2) is 4.98 Å². The number of rotatable bonds is 5. The highest BCUT2D eigenvalue weighted by molar-refractivity contribution is 6.09. The number of pyridine rings is 1. The van der Waals surface area contributed by atoms with E-state index in [0.717, 1.165) is 40.6 Å². The number of benzene rings is 2. The van der Waals surface area contributed by atoms with Crippen LogP contribution in [0.15, 0.2) is 77.9 Å². The van der Waals surface area contributed by atoms with E-state index in [2.05, 4.69) is 27.8 Å². The normalized spacial score (nSPS) is 20.3. The summed E-state index contributed by atoms with van der Waals surface area (Å²) in [5, 5.41) is 7.07. The largest absolute Gasteiger partial charge is 0.484 e. The van der Waals surface area contributed by atoms with Crippen molar-refractivity contribution in [3.05, 3.63) is 84.1 Å². The molecule has 33 heavy (non-hydrogen) atoms. The third-order valence-corrected chi connectivity index (χ3v) is 6.20. The molecule has 0 bridgehead atoms. The zero-order valence-electron chi connectivity index (χ0n) is 18.6. The SMILES string of the molecule is Cc1ccccc1OCC(=O)N1CC[C@]2(C1)Nc1cccnc1NC2=NCc1ccccc1. The molecule has 0 saturated carbocycles. The van der Waals surface area contributed by atoms with Gasteiger partial charge in [-0.1, -0.05) is 48.5 Å². The van der Waals surface area contributed by atoms with Gasteiger partial charge in [0, 0.05) is 12.7 Å². The zero-order valence-corrected chi connectivity index (χ0v) is 18.6. The van der Waals surface area contributed by atoms with Gasteiger partial charge < -0.3 is 20.3 Å². The van der Waals surface area contributed by atoms with Crippen molar-refractivity contribution >= 4 is 23.2 Å². The highest BCUT2D eigenvalue weighted by atomic mass is 16.5. The lowest BCUT2D eigenvalue weighted by Gasteiger charge is -2.38. The lowest BCUT2D eigenvalue weighted by molar-refractivity contribution is -0.132. The zero-order chi connectivity index (χ0) is 22.7. The first kappa shape index (κ1) is 21.0. The van der Waals surface area contributed by atoms with Crippen molar-refractivity contribution in [3.63, 3.8) is 0 Å². The van der Waals surface area contributed by atoms with Crippen molar-refractivity contribution in [2.45, 2.75) is 25.4 Å². The van der Waals surface area contributed by atoms with E-state index >= 15 is 0 Å². The number of fused-ring (bicyclic) bond motifs is 1. The van der Waals surface area contributed by atoms with Crippen LogP contribution in [0.1, 0.15) is 17.5 Å². The number of para-hydroxylation sites is 1. The molecule has 1 atom stereocenters. The Kier molecular flexibility index (Phi) is 5.69. The first-order valence-electron chi connectivity index (χ1n) is 11.2. The van der Waals surface area contributed by atoms with Gasteiger partial charge in [0.2, 0.25) is 0 Å². The number of amides is 1. The Morgan fingerprint density at radius 2 is 1.94 bits per heavy atom. The van der Waals surface area contributed by atoms with Crippen LogP contribution in [0, 0.1) is 6.92 Å². The fourth-order valence-electron chi connectivity index (χ4n) is 4.37. The van der Waals surface area contributed by atoms with E-state index in [1.165, 1.54) is 0 Å². The maximum atomic E-state index is 13.0. The molecule has 2 N–H and O–H groups in total. The lowest BCUT2D eigenvalue weighted by Crippen LogP contribution is -2.55. The lowest BCUT2D eigenvalue weighted by atomic mass is 9.93. The summed E-state index contributed by atoms with van der Waals surface area (Å²) in [6, 6.07) is 21.8. The minimum absolute atomic E-state index is 0.0169. The Morgan fingerprint density at radius 1 is 1.12 bits per heavy atom. The number of aromatic nitrogens is 1. The predicted molar refractivity (Wildman–Crippen MR) is 130 cm³/mol. The molecule has 1 amide bonds. The predicted octanol–water partition coefficient (Wildman–Crippen LogP) is 3.88. The molecule has 2 aliphatic heterocycles. The van der Waals surface area contributed by atoms with Crippen molar-refractivity contribution in [3.8, 4) is 5.75 Å². The minimum Gasteiger partial charge on any atom is -0.484 e. The summed E-state index contributed by atoms with van der Waals surface area (Å²) >= 11 is 0. The van der Waals surface area contributed by atoms with Crippen LogP contribution in [0.25, 0.3) is 0 Å². The summed E-state index contributed by atoms with van der Waals surface area (Å²) in [6.45, 7) is 3.69. The van der Waals surface area contributed by atoms with Crippen molar-refractivity contribution < 1.29 is 9.53 Å². The Labute approximate surface area is 193 Å². The summed E-state index contributed by atoms with van der Waals surface area (Å²) in [4.78, 5) is 24.2. The van der Waals surface area contributed by atoms with Crippen molar-refractivity contribution in [1.82, 2.24) is 9.88 Å². The maximum absolute atomic E-state index is 13.0. The number of hydrogen-bond donors (Lipinski definition) is 2. The molecule has 0 radical (unpaired) electrons. The van der Waals surface area contributed by atoms with E-state index in [0.29, 0.717) is 19.6 Å². The highest BCUT2D eigenvalue weighted by Crippen LogP contribution is 2.35. The molecule has 2 aromatic carbocycles. The van der Waals surface area contributed by atoms with Gasteiger partial charge in [0.15, 0.2) is 12.4 Å². The van der Waals surface area contributed by atoms with Crippen molar-refractivity contribution in [2.75, 3.05) is 30.3 Å². The van der Waals surface area contributed by atoms with E-state index in [1.807, 2.05) is 66.4 Å². The minimum atomic E-state index is -0.483. The number of carbonyl (C=O) groups is 1. The number of nitrogens with zero attached hydrogens (tertiary/aromatic N) is 3. The third-order valence-electron chi connectivity index (χ3n) is 6.20.